The Hall–Kier alpha value is -1.93. The lowest BCUT2D eigenvalue weighted by atomic mass is 10.1. The molecule has 0 spiro atoms. The van der Waals surface area contributed by atoms with Crippen molar-refractivity contribution in [3.05, 3.63) is 23.8 Å². The van der Waals surface area contributed by atoms with Gasteiger partial charge >= 0.3 is 0 Å². The summed E-state index contributed by atoms with van der Waals surface area (Å²) in [7, 11) is -3.68. The Morgan fingerprint density at radius 1 is 1.18 bits per heavy atom. The number of amides is 2. The fourth-order valence-corrected chi connectivity index (χ4v) is 5.22. The van der Waals surface area contributed by atoms with Gasteiger partial charge in [0.15, 0.2) is 0 Å². The highest BCUT2D eigenvalue weighted by atomic mass is 32.2. The standard InChI is InChI=1S/C20H27N3O4S/c1-14-12-16-13-17(6-7-18(16)23(14)20(25)15-4-5-15)28(26,27)21-9-8-19(24)22-10-2-3-11-22/h6-7,13-15,21H,2-5,8-12H2,1H3. The Balaban J connectivity index is 1.42. The minimum Gasteiger partial charge on any atom is -0.343 e. The van der Waals surface area contributed by atoms with E-state index in [1.165, 1.54) is 0 Å². The average Bonchev–Trinajstić information content (AvgIpc) is 3.25. The van der Waals surface area contributed by atoms with Gasteiger partial charge in [-0.3, -0.25) is 9.59 Å². The van der Waals surface area contributed by atoms with Gasteiger partial charge in [-0.15, -0.1) is 0 Å². The number of nitrogens with one attached hydrogen (secondary N) is 1. The maximum atomic E-state index is 12.6. The summed E-state index contributed by atoms with van der Waals surface area (Å²) in [5.41, 5.74) is 1.71. The van der Waals surface area contributed by atoms with Gasteiger partial charge in [0.25, 0.3) is 0 Å². The van der Waals surface area contributed by atoms with Crippen molar-refractivity contribution in [1.29, 1.82) is 0 Å². The lowest BCUT2D eigenvalue weighted by Crippen LogP contribution is -2.36. The van der Waals surface area contributed by atoms with Crippen LogP contribution in [0, 0.1) is 5.92 Å². The first-order chi connectivity index (χ1) is 13.4. The third kappa shape index (κ3) is 3.80. The van der Waals surface area contributed by atoms with Crippen LogP contribution in [-0.2, 0) is 26.0 Å². The van der Waals surface area contributed by atoms with Crippen LogP contribution in [0.15, 0.2) is 23.1 Å². The number of nitrogens with zero attached hydrogens (tertiary/aromatic N) is 2. The molecule has 0 radical (unpaired) electrons. The molecule has 1 aliphatic carbocycles. The molecule has 1 atom stereocenters. The molecule has 1 saturated heterocycles. The normalized spacial score (nSPS) is 21.8. The van der Waals surface area contributed by atoms with Gasteiger partial charge in [0, 0.05) is 43.7 Å². The number of fused-ring (bicyclic) bond motifs is 1. The molecule has 2 aliphatic heterocycles. The van der Waals surface area contributed by atoms with Gasteiger partial charge in [0.1, 0.15) is 0 Å². The largest absolute Gasteiger partial charge is 0.343 e. The van der Waals surface area contributed by atoms with E-state index in [0.717, 1.165) is 50.0 Å². The Labute approximate surface area is 166 Å². The van der Waals surface area contributed by atoms with Gasteiger partial charge < -0.3 is 9.80 Å². The Morgan fingerprint density at radius 3 is 2.57 bits per heavy atom. The SMILES string of the molecule is CC1Cc2cc(S(=O)(=O)NCCC(=O)N3CCCC3)ccc2N1C(=O)C1CC1. The summed E-state index contributed by atoms with van der Waals surface area (Å²) in [5.74, 6) is 0.282. The number of likely N-dealkylation sites (tertiary alicyclic amines) is 1. The highest BCUT2D eigenvalue weighted by molar-refractivity contribution is 7.89. The molecular formula is C20H27N3O4S. The molecular weight excluding hydrogens is 378 g/mol. The lowest BCUT2D eigenvalue weighted by Gasteiger charge is -2.22. The fraction of sp³-hybridized carbons (Fsp3) is 0.600. The van der Waals surface area contributed by atoms with E-state index in [9.17, 15) is 18.0 Å². The zero-order chi connectivity index (χ0) is 19.9. The van der Waals surface area contributed by atoms with E-state index in [1.54, 1.807) is 23.1 Å². The molecule has 28 heavy (non-hydrogen) atoms. The molecule has 2 amide bonds. The molecule has 2 heterocycles. The summed E-state index contributed by atoms with van der Waals surface area (Å²) < 4.78 is 27.8. The summed E-state index contributed by atoms with van der Waals surface area (Å²) in [6.07, 6.45) is 4.76. The van der Waals surface area contributed by atoms with Crippen molar-refractivity contribution < 1.29 is 18.0 Å². The van der Waals surface area contributed by atoms with Crippen molar-refractivity contribution in [3.8, 4) is 0 Å². The molecule has 1 unspecified atom stereocenters. The molecule has 0 bridgehead atoms. The number of carbonyl (C=O) groups is 2. The van der Waals surface area contributed by atoms with Crippen LogP contribution >= 0.6 is 0 Å². The van der Waals surface area contributed by atoms with Gasteiger partial charge in [0.05, 0.1) is 4.90 Å². The maximum absolute atomic E-state index is 12.6. The summed E-state index contributed by atoms with van der Waals surface area (Å²) in [4.78, 5) is 28.4. The van der Waals surface area contributed by atoms with E-state index in [-0.39, 0.29) is 41.6 Å². The van der Waals surface area contributed by atoms with Crippen LogP contribution in [0.2, 0.25) is 0 Å². The van der Waals surface area contributed by atoms with Gasteiger partial charge in [-0.1, -0.05) is 0 Å². The van der Waals surface area contributed by atoms with Crippen molar-refractivity contribution in [2.45, 2.75) is 56.4 Å². The molecule has 1 saturated carbocycles. The van der Waals surface area contributed by atoms with Crippen LogP contribution in [0.1, 0.15) is 44.6 Å². The van der Waals surface area contributed by atoms with E-state index in [0.29, 0.717) is 6.42 Å². The second-order valence-electron chi connectivity index (χ2n) is 8.06. The summed E-state index contributed by atoms with van der Waals surface area (Å²) in [5, 5.41) is 0. The smallest absolute Gasteiger partial charge is 0.240 e. The van der Waals surface area contributed by atoms with Crippen molar-refractivity contribution in [2.24, 2.45) is 5.92 Å². The summed E-state index contributed by atoms with van der Waals surface area (Å²) in [6, 6.07) is 5.00. The number of anilines is 1. The Morgan fingerprint density at radius 2 is 1.89 bits per heavy atom. The first-order valence-corrected chi connectivity index (χ1v) is 11.6. The molecule has 8 heteroatoms. The highest BCUT2D eigenvalue weighted by Crippen LogP contribution is 2.39. The summed E-state index contributed by atoms with van der Waals surface area (Å²) in [6.45, 7) is 3.63. The van der Waals surface area contributed by atoms with Gasteiger partial charge in [0.2, 0.25) is 21.8 Å². The molecule has 3 aliphatic rings. The zero-order valence-corrected chi connectivity index (χ0v) is 17.0. The number of benzene rings is 1. The molecule has 1 N–H and O–H groups in total. The molecule has 2 fully saturated rings. The van der Waals surface area contributed by atoms with Crippen molar-refractivity contribution in [2.75, 3.05) is 24.5 Å². The van der Waals surface area contributed by atoms with Crippen LogP contribution in [0.4, 0.5) is 5.69 Å². The summed E-state index contributed by atoms with van der Waals surface area (Å²) >= 11 is 0. The minimum atomic E-state index is -3.68. The second-order valence-corrected chi connectivity index (χ2v) is 9.83. The molecule has 4 rings (SSSR count). The highest BCUT2D eigenvalue weighted by Gasteiger charge is 2.39. The van der Waals surface area contributed by atoms with E-state index >= 15 is 0 Å². The van der Waals surface area contributed by atoms with Crippen LogP contribution in [0.25, 0.3) is 0 Å². The quantitative estimate of drug-likeness (QED) is 0.780. The number of carbonyl (C=O) groups excluding carboxylic acids is 2. The second kappa shape index (κ2) is 7.48. The number of rotatable bonds is 6. The number of sulfonamides is 1. The van der Waals surface area contributed by atoms with Crippen LogP contribution in [-0.4, -0.2) is 50.8 Å². The monoisotopic (exact) mass is 405 g/mol. The van der Waals surface area contributed by atoms with E-state index in [1.807, 2.05) is 11.8 Å². The first kappa shape index (κ1) is 19.4. The minimum absolute atomic E-state index is 0.00258. The Bertz CT molecular complexity index is 889. The van der Waals surface area contributed by atoms with Gasteiger partial charge in [-0.2, -0.15) is 0 Å². The molecule has 152 valence electrons. The Kier molecular flexibility index (Phi) is 5.18. The van der Waals surface area contributed by atoms with Crippen LogP contribution < -0.4 is 9.62 Å². The lowest BCUT2D eigenvalue weighted by molar-refractivity contribution is -0.130. The third-order valence-electron chi connectivity index (χ3n) is 5.83. The van der Waals surface area contributed by atoms with Crippen molar-refractivity contribution in [1.82, 2.24) is 9.62 Å². The van der Waals surface area contributed by atoms with Crippen molar-refractivity contribution in [3.63, 3.8) is 0 Å². The number of hydrogen-bond acceptors (Lipinski definition) is 4. The zero-order valence-electron chi connectivity index (χ0n) is 16.2. The predicted molar refractivity (Wildman–Crippen MR) is 105 cm³/mol. The van der Waals surface area contributed by atoms with E-state index in [2.05, 4.69) is 4.72 Å². The molecule has 0 aromatic heterocycles. The topological polar surface area (TPSA) is 86.8 Å². The van der Waals surface area contributed by atoms with Crippen LogP contribution in [0.5, 0.6) is 0 Å². The fourth-order valence-electron chi connectivity index (χ4n) is 4.14. The van der Waals surface area contributed by atoms with Gasteiger partial charge in [-0.05, 0) is 62.8 Å². The van der Waals surface area contributed by atoms with Crippen molar-refractivity contribution >= 4 is 27.5 Å². The van der Waals surface area contributed by atoms with E-state index < -0.39 is 10.0 Å². The molecule has 7 nitrogen and oxygen atoms in total. The van der Waals surface area contributed by atoms with Gasteiger partial charge in [-0.25, -0.2) is 13.1 Å². The molecule has 1 aromatic carbocycles. The maximum Gasteiger partial charge on any atom is 0.240 e. The third-order valence-corrected chi connectivity index (χ3v) is 7.29. The number of hydrogen-bond donors (Lipinski definition) is 1. The molecule has 1 aromatic rings. The predicted octanol–water partition coefficient (Wildman–Crippen LogP) is 1.66. The van der Waals surface area contributed by atoms with E-state index in [4.69, 9.17) is 0 Å². The first-order valence-electron chi connectivity index (χ1n) is 10.1. The van der Waals surface area contributed by atoms with Crippen LogP contribution in [0.3, 0.4) is 0 Å². The average molecular weight is 406 g/mol.